The molecule has 62 valence electrons. The summed E-state index contributed by atoms with van der Waals surface area (Å²) in [5.74, 6) is 0.125. The van der Waals surface area contributed by atoms with Gasteiger partial charge in [-0.2, -0.15) is 15.0 Å². The monoisotopic (exact) mass is 180 g/mol. The zero-order chi connectivity index (χ0) is 9.56. The third kappa shape index (κ3) is 5.08. The number of anilines is 3. The van der Waals surface area contributed by atoms with Crippen LogP contribution in [-0.4, -0.2) is 51.8 Å². The van der Waals surface area contributed by atoms with Crippen LogP contribution in [0.2, 0.25) is 0 Å². The number of nitrogens with two attached hydrogens (primary N) is 3. The summed E-state index contributed by atoms with van der Waals surface area (Å²) in [5.41, 5.74) is 15.4. The van der Waals surface area contributed by atoms with Crippen molar-refractivity contribution in [1.82, 2.24) is 15.0 Å². The third-order valence-corrected chi connectivity index (χ3v) is 0.687. The molecule has 0 saturated carbocycles. The average Bonchev–Trinajstić information content (AvgIpc) is 1.84. The third-order valence-electron chi connectivity index (χ3n) is 0.687. The number of hydrogen-bond acceptors (Lipinski definition) is 7. The molecule has 0 aliphatic heterocycles. The van der Waals surface area contributed by atoms with E-state index in [1.807, 2.05) is 0 Å². The van der Waals surface area contributed by atoms with Crippen LogP contribution < -0.4 is 17.2 Å². The number of aliphatic hydroxyl groups is 1. The van der Waals surface area contributed by atoms with Crippen molar-refractivity contribution in [3.63, 3.8) is 0 Å². The molecule has 1 aromatic heterocycles. The topological polar surface area (TPSA) is 137 Å². The number of aliphatic hydroxyl groups excluding tert-OH is 1. The van der Waals surface area contributed by atoms with Crippen LogP contribution >= 0.6 is 0 Å². The summed E-state index contributed by atoms with van der Waals surface area (Å²) in [6, 6.07) is 0. The van der Waals surface area contributed by atoms with E-state index in [0.717, 1.165) is 27.9 Å². The molecule has 8 heteroatoms. The maximum absolute atomic E-state index is 7.63. The van der Waals surface area contributed by atoms with Crippen LogP contribution in [0.3, 0.4) is 0 Å². The van der Waals surface area contributed by atoms with E-state index < -0.39 is 0 Å². The van der Waals surface area contributed by atoms with E-state index in [-0.39, 0.29) is 17.8 Å². The van der Waals surface area contributed by atoms with Gasteiger partial charge in [0.1, 0.15) is 0 Å². The van der Waals surface area contributed by atoms with Gasteiger partial charge < -0.3 is 17.2 Å². The normalized spacial score (nSPS) is 8.58. The Labute approximate surface area is 86.8 Å². The number of nitrogen functional groups attached to an aromatic ring is 3. The number of aromatic nitrogens is 3. The Kier molecular flexibility index (Phi) is 5.64. The SMILES string of the molecule is Nc1nc(N)nc(N)n1.O[CH2][Na]. The Morgan fingerprint density at radius 1 is 1.00 bits per heavy atom. The van der Waals surface area contributed by atoms with Gasteiger partial charge in [0.05, 0.1) is 0 Å². The molecule has 0 aliphatic rings. The molecular weight excluding hydrogens is 171 g/mol. The molecule has 0 fully saturated rings. The van der Waals surface area contributed by atoms with E-state index in [9.17, 15) is 0 Å². The van der Waals surface area contributed by atoms with Crippen LogP contribution in [0.5, 0.6) is 0 Å². The van der Waals surface area contributed by atoms with Crippen LogP contribution in [0, 0.1) is 0 Å². The Balaban J connectivity index is 0.000000354. The average molecular weight is 180 g/mol. The van der Waals surface area contributed by atoms with Gasteiger partial charge >= 0.3 is 36.9 Å². The molecule has 0 amide bonds. The quantitative estimate of drug-likeness (QED) is 0.330. The molecule has 0 radical (unpaired) electrons. The fourth-order valence-electron chi connectivity index (χ4n) is 0.427. The van der Waals surface area contributed by atoms with E-state index in [2.05, 4.69) is 15.0 Å². The molecular formula is C4H9N6NaO. The standard InChI is InChI=1S/C3H6N6.CH3O.Na/c4-1-7-2(5)9-3(6)8-1;1-2;/h(H6,4,5,6,7,8,9);2H,1H2;. The van der Waals surface area contributed by atoms with Gasteiger partial charge in [-0.15, -0.1) is 0 Å². The van der Waals surface area contributed by atoms with Crippen LogP contribution in [0.25, 0.3) is 0 Å². The van der Waals surface area contributed by atoms with Gasteiger partial charge in [-0.1, -0.05) is 0 Å². The molecule has 7 nitrogen and oxygen atoms in total. The second-order valence-electron chi connectivity index (χ2n) is 1.73. The zero-order valence-corrected chi connectivity index (χ0v) is 8.73. The Hall–Kier alpha value is -0.630. The van der Waals surface area contributed by atoms with Crippen molar-refractivity contribution in [2.45, 2.75) is 0 Å². The molecule has 0 aliphatic carbocycles. The molecule has 7 N–H and O–H groups in total. The summed E-state index contributed by atoms with van der Waals surface area (Å²) in [7, 11) is 0. The number of hydrogen-bond donors (Lipinski definition) is 4. The van der Waals surface area contributed by atoms with Crippen molar-refractivity contribution in [3.05, 3.63) is 0 Å². The first-order chi connectivity index (χ1) is 5.60. The van der Waals surface area contributed by atoms with E-state index in [0.29, 0.717) is 3.86 Å². The first-order valence-corrected chi connectivity index (χ1v) is 4.65. The summed E-state index contributed by atoms with van der Waals surface area (Å²) in [4.78, 5) is 10.5. The van der Waals surface area contributed by atoms with Gasteiger partial charge in [0.15, 0.2) is 0 Å². The fraction of sp³-hybridized carbons (Fsp3) is 0.250. The van der Waals surface area contributed by atoms with E-state index in [4.69, 9.17) is 22.3 Å². The predicted octanol–water partition coefficient (Wildman–Crippen LogP) is -2.28. The van der Waals surface area contributed by atoms with Gasteiger partial charge in [0, 0.05) is 0 Å². The summed E-state index contributed by atoms with van der Waals surface area (Å²) in [6.45, 7) is 0. The molecule has 0 aromatic carbocycles. The van der Waals surface area contributed by atoms with Gasteiger partial charge in [0.25, 0.3) is 0 Å². The molecule has 0 saturated heterocycles. The van der Waals surface area contributed by atoms with E-state index in [1.165, 1.54) is 0 Å². The van der Waals surface area contributed by atoms with Crippen molar-refractivity contribution >= 4 is 45.8 Å². The van der Waals surface area contributed by atoms with E-state index >= 15 is 0 Å². The first-order valence-electron chi connectivity index (χ1n) is 3.23. The number of rotatable bonds is 0. The van der Waals surface area contributed by atoms with Gasteiger partial charge in [-0.05, 0) is 0 Å². The molecule has 12 heavy (non-hydrogen) atoms. The molecule has 0 spiro atoms. The van der Waals surface area contributed by atoms with Crippen LogP contribution in [0.4, 0.5) is 17.8 Å². The van der Waals surface area contributed by atoms with Crippen LogP contribution in [0.15, 0.2) is 0 Å². The Morgan fingerprint density at radius 2 is 1.17 bits per heavy atom. The Bertz CT molecular complexity index is 193. The van der Waals surface area contributed by atoms with Crippen molar-refractivity contribution in [1.29, 1.82) is 0 Å². The van der Waals surface area contributed by atoms with Crippen molar-refractivity contribution in [2.24, 2.45) is 0 Å². The van der Waals surface area contributed by atoms with Gasteiger partial charge in [-0.25, -0.2) is 0 Å². The summed E-state index contributed by atoms with van der Waals surface area (Å²) in [6.07, 6.45) is 0. The molecule has 1 rings (SSSR count). The zero-order valence-electron chi connectivity index (χ0n) is 6.73. The summed E-state index contributed by atoms with van der Waals surface area (Å²) in [5, 5.41) is 7.63. The molecule has 0 bridgehead atoms. The summed E-state index contributed by atoms with van der Waals surface area (Å²) >= 11 is 0.924. The van der Waals surface area contributed by atoms with Crippen molar-refractivity contribution in [3.8, 4) is 0 Å². The van der Waals surface area contributed by atoms with Gasteiger partial charge in [-0.3, -0.25) is 0 Å². The molecule has 1 aromatic rings. The molecule has 0 unspecified atom stereocenters. The summed E-state index contributed by atoms with van der Waals surface area (Å²) < 4.78 is 0.389. The second-order valence-corrected chi connectivity index (χ2v) is 2.36. The molecule has 0 atom stereocenters. The minimum atomic E-state index is 0.0417. The molecule has 1 heterocycles. The van der Waals surface area contributed by atoms with E-state index in [1.54, 1.807) is 0 Å². The van der Waals surface area contributed by atoms with Crippen molar-refractivity contribution in [2.75, 3.05) is 21.1 Å². The maximum atomic E-state index is 7.63. The first kappa shape index (κ1) is 11.4. The Morgan fingerprint density at radius 3 is 1.33 bits per heavy atom. The van der Waals surface area contributed by atoms with Crippen LogP contribution in [-0.2, 0) is 0 Å². The number of nitrogens with zero attached hydrogens (tertiary/aromatic N) is 3. The van der Waals surface area contributed by atoms with Crippen LogP contribution in [0.1, 0.15) is 0 Å². The minimum absolute atomic E-state index is 0.0417. The van der Waals surface area contributed by atoms with Crippen molar-refractivity contribution < 1.29 is 5.11 Å². The van der Waals surface area contributed by atoms with Gasteiger partial charge in [0.2, 0.25) is 17.8 Å². The fourth-order valence-corrected chi connectivity index (χ4v) is 0.427. The second kappa shape index (κ2) is 5.95. The predicted molar refractivity (Wildman–Crippen MR) is 45.9 cm³/mol.